The Hall–Kier alpha value is -2.63. The Morgan fingerprint density at radius 2 is 1.64 bits per heavy atom. The van der Waals surface area contributed by atoms with E-state index in [1.54, 1.807) is 42.5 Å². The molecular weight excluding hydrogens is 356 g/mol. The predicted molar refractivity (Wildman–Crippen MR) is 101 cm³/mol. The molecule has 2 amide bonds. The second-order valence-corrected chi connectivity index (χ2v) is 6.70. The smallest absolute Gasteiger partial charge is 0.265 e. The number of thiophene rings is 1. The first-order valence-corrected chi connectivity index (χ1v) is 8.85. The van der Waals surface area contributed by atoms with E-state index >= 15 is 0 Å². The van der Waals surface area contributed by atoms with Gasteiger partial charge < -0.3 is 10.6 Å². The summed E-state index contributed by atoms with van der Waals surface area (Å²) in [5.41, 5.74) is 2.15. The minimum Gasteiger partial charge on any atom is -0.348 e. The fraction of sp³-hybridized carbons (Fsp3) is 0.0526. The Bertz CT molecular complexity index is 859. The lowest BCUT2D eigenvalue weighted by atomic mass is 10.1. The van der Waals surface area contributed by atoms with E-state index in [4.69, 9.17) is 11.6 Å². The third-order valence-electron chi connectivity index (χ3n) is 3.52. The molecule has 0 aliphatic carbocycles. The van der Waals surface area contributed by atoms with Gasteiger partial charge in [-0.2, -0.15) is 0 Å². The largest absolute Gasteiger partial charge is 0.348 e. The molecule has 0 aliphatic rings. The van der Waals surface area contributed by atoms with Crippen LogP contribution in [0.4, 0.5) is 5.69 Å². The van der Waals surface area contributed by atoms with Crippen LogP contribution in [0.2, 0.25) is 5.02 Å². The SMILES string of the molecule is O=C(NCc1ccc(Cl)cc1)c1ccc(NC(=O)c2cccs2)cc1. The van der Waals surface area contributed by atoms with Crippen molar-refractivity contribution in [2.75, 3.05) is 5.32 Å². The van der Waals surface area contributed by atoms with Crippen LogP contribution in [0.5, 0.6) is 0 Å². The zero-order chi connectivity index (χ0) is 17.6. The summed E-state index contributed by atoms with van der Waals surface area (Å²) < 4.78 is 0. The number of hydrogen-bond donors (Lipinski definition) is 2. The van der Waals surface area contributed by atoms with Crippen LogP contribution < -0.4 is 10.6 Å². The number of rotatable bonds is 5. The molecule has 0 aliphatic heterocycles. The molecule has 3 aromatic rings. The molecule has 0 radical (unpaired) electrons. The van der Waals surface area contributed by atoms with Crippen LogP contribution in [0, 0.1) is 0 Å². The van der Waals surface area contributed by atoms with Crippen LogP contribution in [0.15, 0.2) is 66.0 Å². The molecule has 126 valence electrons. The minimum atomic E-state index is -0.175. The summed E-state index contributed by atoms with van der Waals surface area (Å²) in [7, 11) is 0. The fourth-order valence-electron chi connectivity index (χ4n) is 2.19. The number of hydrogen-bond acceptors (Lipinski definition) is 3. The van der Waals surface area contributed by atoms with E-state index in [1.165, 1.54) is 11.3 Å². The number of anilines is 1. The molecule has 1 aromatic heterocycles. The molecule has 2 aromatic carbocycles. The van der Waals surface area contributed by atoms with Crippen molar-refractivity contribution >= 4 is 40.4 Å². The van der Waals surface area contributed by atoms with Gasteiger partial charge in [0.05, 0.1) is 4.88 Å². The van der Waals surface area contributed by atoms with E-state index in [0.29, 0.717) is 27.7 Å². The van der Waals surface area contributed by atoms with Gasteiger partial charge in [-0.1, -0.05) is 29.8 Å². The molecule has 0 atom stereocenters. The standard InChI is InChI=1S/C19H15ClN2O2S/c20-15-7-3-13(4-8-15)12-21-18(23)14-5-9-16(10-6-14)22-19(24)17-2-1-11-25-17/h1-11H,12H2,(H,21,23)(H,22,24). The van der Waals surface area contributed by atoms with Gasteiger partial charge in [-0.05, 0) is 53.4 Å². The Morgan fingerprint density at radius 3 is 2.28 bits per heavy atom. The number of amides is 2. The number of benzene rings is 2. The summed E-state index contributed by atoms with van der Waals surface area (Å²) in [5, 5.41) is 8.16. The van der Waals surface area contributed by atoms with E-state index in [0.717, 1.165) is 5.56 Å². The van der Waals surface area contributed by atoms with Gasteiger partial charge in [-0.25, -0.2) is 0 Å². The van der Waals surface area contributed by atoms with Crippen molar-refractivity contribution in [2.45, 2.75) is 6.54 Å². The van der Waals surface area contributed by atoms with Crippen LogP contribution in [0.25, 0.3) is 0 Å². The average Bonchev–Trinajstić information content (AvgIpc) is 3.16. The minimum absolute atomic E-state index is 0.157. The summed E-state index contributed by atoms with van der Waals surface area (Å²) in [6, 6.07) is 17.7. The van der Waals surface area contributed by atoms with Crippen molar-refractivity contribution in [3.8, 4) is 0 Å². The molecule has 4 nitrogen and oxygen atoms in total. The lowest BCUT2D eigenvalue weighted by Gasteiger charge is -2.07. The molecule has 0 spiro atoms. The van der Waals surface area contributed by atoms with Crippen LogP contribution in [0.1, 0.15) is 25.6 Å². The molecule has 0 saturated heterocycles. The van der Waals surface area contributed by atoms with E-state index < -0.39 is 0 Å². The first-order chi connectivity index (χ1) is 12.1. The molecule has 6 heteroatoms. The second-order valence-electron chi connectivity index (χ2n) is 5.32. The van der Waals surface area contributed by atoms with Crippen LogP contribution in [-0.4, -0.2) is 11.8 Å². The molecule has 25 heavy (non-hydrogen) atoms. The maximum atomic E-state index is 12.2. The van der Waals surface area contributed by atoms with Crippen molar-refractivity contribution in [3.63, 3.8) is 0 Å². The van der Waals surface area contributed by atoms with E-state index in [-0.39, 0.29) is 11.8 Å². The first kappa shape index (κ1) is 17.2. The second kappa shape index (κ2) is 7.96. The highest BCUT2D eigenvalue weighted by Crippen LogP contribution is 2.14. The Morgan fingerprint density at radius 1 is 0.920 bits per heavy atom. The molecule has 1 heterocycles. The summed E-state index contributed by atoms with van der Waals surface area (Å²) in [6.07, 6.45) is 0. The fourth-order valence-corrected chi connectivity index (χ4v) is 2.94. The van der Waals surface area contributed by atoms with Gasteiger partial charge in [0.15, 0.2) is 0 Å². The molecular formula is C19H15ClN2O2S. The monoisotopic (exact) mass is 370 g/mol. The molecule has 0 bridgehead atoms. The van der Waals surface area contributed by atoms with Gasteiger partial charge in [-0.3, -0.25) is 9.59 Å². The highest BCUT2D eigenvalue weighted by atomic mass is 35.5. The van der Waals surface area contributed by atoms with Gasteiger partial charge in [0, 0.05) is 22.8 Å². The van der Waals surface area contributed by atoms with Gasteiger partial charge in [0.25, 0.3) is 11.8 Å². The maximum absolute atomic E-state index is 12.2. The average molecular weight is 371 g/mol. The number of carbonyl (C=O) groups excluding carboxylic acids is 2. The molecule has 3 rings (SSSR count). The van der Waals surface area contributed by atoms with Crippen LogP contribution in [0.3, 0.4) is 0 Å². The maximum Gasteiger partial charge on any atom is 0.265 e. The van der Waals surface area contributed by atoms with Crippen molar-refractivity contribution in [1.82, 2.24) is 5.32 Å². The third-order valence-corrected chi connectivity index (χ3v) is 4.64. The highest BCUT2D eigenvalue weighted by Gasteiger charge is 2.08. The Kier molecular flexibility index (Phi) is 5.48. The third kappa shape index (κ3) is 4.68. The zero-order valence-electron chi connectivity index (χ0n) is 13.2. The summed E-state index contributed by atoms with van der Waals surface area (Å²) in [6.45, 7) is 0.423. The highest BCUT2D eigenvalue weighted by molar-refractivity contribution is 7.12. The lowest BCUT2D eigenvalue weighted by Crippen LogP contribution is -2.22. The van der Waals surface area contributed by atoms with Gasteiger partial charge >= 0.3 is 0 Å². The van der Waals surface area contributed by atoms with E-state index in [2.05, 4.69) is 10.6 Å². The Labute approximate surface area is 154 Å². The molecule has 0 saturated carbocycles. The number of halogens is 1. The van der Waals surface area contributed by atoms with Gasteiger partial charge in [0.1, 0.15) is 0 Å². The zero-order valence-corrected chi connectivity index (χ0v) is 14.7. The molecule has 0 unspecified atom stereocenters. The van der Waals surface area contributed by atoms with Crippen molar-refractivity contribution in [1.29, 1.82) is 0 Å². The van der Waals surface area contributed by atoms with Crippen molar-refractivity contribution in [3.05, 3.63) is 87.1 Å². The van der Waals surface area contributed by atoms with Crippen LogP contribution in [-0.2, 0) is 6.54 Å². The number of nitrogens with one attached hydrogen (secondary N) is 2. The van der Waals surface area contributed by atoms with E-state index in [9.17, 15) is 9.59 Å². The van der Waals surface area contributed by atoms with Gasteiger partial charge in [0.2, 0.25) is 0 Å². The summed E-state index contributed by atoms with van der Waals surface area (Å²) in [5.74, 6) is -0.332. The molecule has 2 N–H and O–H groups in total. The van der Waals surface area contributed by atoms with Crippen LogP contribution >= 0.6 is 22.9 Å². The normalized spacial score (nSPS) is 10.3. The van der Waals surface area contributed by atoms with Crippen molar-refractivity contribution in [2.24, 2.45) is 0 Å². The Balaban J connectivity index is 1.56. The topological polar surface area (TPSA) is 58.2 Å². The van der Waals surface area contributed by atoms with Gasteiger partial charge in [-0.15, -0.1) is 11.3 Å². The summed E-state index contributed by atoms with van der Waals surface area (Å²) >= 11 is 7.22. The van der Waals surface area contributed by atoms with Crippen molar-refractivity contribution < 1.29 is 9.59 Å². The quantitative estimate of drug-likeness (QED) is 0.690. The molecule has 0 fully saturated rings. The lowest BCUT2D eigenvalue weighted by molar-refractivity contribution is 0.0950. The predicted octanol–water partition coefficient (Wildman–Crippen LogP) is 4.58. The van der Waals surface area contributed by atoms with E-state index in [1.807, 2.05) is 23.6 Å². The number of carbonyl (C=O) groups is 2. The summed E-state index contributed by atoms with van der Waals surface area (Å²) in [4.78, 5) is 24.8. The first-order valence-electron chi connectivity index (χ1n) is 7.59.